The highest BCUT2D eigenvalue weighted by atomic mass is 16.1. The Morgan fingerprint density at radius 1 is 1.08 bits per heavy atom. The summed E-state index contributed by atoms with van der Waals surface area (Å²) < 4.78 is 1.70. The van der Waals surface area contributed by atoms with E-state index in [1.165, 1.54) is 12.3 Å². The third-order valence-corrected chi connectivity index (χ3v) is 4.55. The van der Waals surface area contributed by atoms with E-state index in [1.54, 1.807) is 23.4 Å². The topological polar surface area (TPSA) is 76.8 Å². The van der Waals surface area contributed by atoms with Gasteiger partial charge in [-0.3, -0.25) is 9.36 Å². The lowest BCUT2D eigenvalue weighted by Crippen LogP contribution is -2.36. The van der Waals surface area contributed by atoms with Crippen LogP contribution in [0.5, 0.6) is 0 Å². The van der Waals surface area contributed by atoms with Crippen molar-refractivity contribution >= 4 is 16.9 Å². The molecule has 0 radical (unpaired) electrons. The van der Waals surface area contributed by atoms with Crippen LogP contribution in [-0.2, 0) is 6.54 Å². The van der Waals surface area contributed by atoms with Crippen LogP contribution in [0.3, 0.4) is 0 Å². The second kappa shape index (κ2) is 6.35. The minimum Gasteiger partial charge on any atom is -0.356 e. The van der Waals surface area contributed by atoms with Gasteiger partial charge in [-0.15, -0.1) is 0 Å². The SMILES string of the molecule is O=c1ccncn1CC1CCN(c2ncnc3ncccc23)CC1. The fourth-order valence-corrected chi connectivity index (χ4v) is 3.26. The number of fused-ring (bicyclic) bond motifs is 1. The molecule has 0 amide bonds. The molecular formula is C17H18N6O. The van der Waals surface area contributed by atoms with Crippen LogP contribution in [0, 0.1) is 5.92 Å². The third-order valence-electron chi connectivity index (χ3n) is 4.55. The number of anilines is 1. The Hall–Kier alpha value is -2.83. The molecule has 0 aliphatic carbocycles. The monoisotopic (exact) mass is 322 g/mol. The summed E-state index contributed by atoms with van der Waals surface area (Å²) in [7, 11) is 0. The predicted octanol–water partition coefficient (Wildman–Crippen LogP) is 1.50. The minimum absolute atomic E-state index is 0.0142. The van der Waals surface area contributed by atoms with Crippen molar-refractivity contribution < 1.29 is 0 Å². The molecule has 1 aliphatic rings. The first-order chi connectivity index (χ1) is 11.8. The molecule has 1 saturated heterocycles. The highest BCUT2D eigenvalue weighted by molar-refractivity contribution is 5.86. The summed E-state index contributed by atoms with van der Waals surface area (Å²) >= 11 is 0. The van der Waals surface area contributed by atoms with Crippen LogP contribution < -0.4 is 10.5 Å². The first kappa shape index (κ1) is 14.7. The van der Waals surface area contributed by atoms with Crippen molar-refractivity contribution in [3.63, 3.8) is 0 Å². The summed E-state index contributed by atoms with van der Waals surface area (Å²) in [5.41, 5.74) is 0.742. The summed E-state index contributed by atoms with van der Waals surface area (Å²) in [5.74, 6) is 1.43. The summed E-state index contributed by atoms with van der Waals surface area (Å²) in [6.07, 6.45) is 8.52. The zero-order chi connectivity index (χ0) is 16.4. The van der Waals surface area contributed by atoms with Gasteiger partial charge in [0.1, 0.15) is 12.1 Å². The van der Waals surface area contributed by atoms with Crippen molar-refractivity contribution in [3.05, 3.63) is 53.6 Å². The quantitative estimate of drug-likeness (QED) is 0.727. The second-order valence-corrected chi connectivity index (χ2v) is 6.07. The van der Waals surface area contributed by atoms with E-state index < -0.39 is 0 Å². The van der Waals surface area contributed by atoms with Gasteiger partial charge < -0.3 is 4.90 Å². The normalized spacial score (nSPS) is 15.8. The lowest BCUT2D eigenvalue weighted by Gasteiger charge is -2.33. The molecular weight excluding hydrogens is 304 g/mol. The van der Waals surface area contributed by atoms with Crippen LogP contribution in [-0.4, -0.2) is 37.6 Å². The van der Waals surface area contributed by atoms with Gasteiger partial charge in [-0.1, -0.05) is 0 Å². The van der Waals surface area contributed by atoms with Crippen molar-refractivity contribution in [1.82, 2.24) is 24.5 Å². The van der Waals surface area contributed by atoms with Crippen LogP contribution in [0.2, 0.25) is 0 Å². The van der Waals surface area contributed by atoms with E-state index in [-0.39, 0.29) is 5.56 Å². The average Bonchev–Trinajstić information content (AvgIpc) is 2.64. The molecule has 4 rings (SSSR count). The summed E-state index contributed by atoms with van der Waals surface area (Å²) in [6, 6.07) is 5.44. The fraction of sp³-hybridized carbons (Fsp3) is 0.353. The number of pyridine rings is 1. The summed E-state index contributed by atoms with van der Waals surface area (Å²) in [5, 5.41) is 0.988. The molecule has 0 saturated carbocycles. The Bertz CT molecular complexity index is 895. The Morgan fingerprint density at radius 3 is 2.79 bits per heavy atom. The third kappa shape index (κ3) is 2.84. The maximum atomic E-state index is 11.8. The van der Waals surface area contributed by atoms with Gasteiger partial charge in [0.05, 0.1) is 11.7 Å². The lowest BCUT2D eigenvalue weighted by atomic mass is 9.96. The van der Waals surface area contributed by atoms with Gasteiger partial charge in [0.25, 0.3) is 5.56 Å². The van der Waals surface area contributed by atoms with Crippen LogP contribution >= 0.6 is 0 Å². The molecule has 3 aromatic rings. The maximum absolute atomic E-state index is 11.8. The van der Waals surface area contributed by atoms with Crippen molar-refractivity contribution in [2.45, 2.75) is 19.4 Å². The Kier molecular flexibility index (Phi) is 3.90. The maximum Gasteiger partial charge on any atom is 0.253 e. The van der Waals surface area contributed by atoms with Crippen LogP contribution in [0.1, 0.15) is 12.8 Å². The second-order valence-electron chi connectivity index (χ2n) is 6.07. The first-order valence-corrected chi connectivity index (χ1v) is 8.12. The molecule has 3 aromatic heterocycles. The van der Waals surface area contributed by atoms with Crippen LogP contribution in [0.15, 0.2) is 48.0 Å². The zero-order valence-corrected chi connectivity index (χ0v) is 13.2. The Labute approximate surface area is 139 Å². The van der Waals surface area contributed by atoms with Crippen LogP contribution in [0.4, 0.5) is 5.82 Å². The van der Waals surface area contributed by atoms with Crippen molar-refractivity contribution in [2.24, 2.45) is 5.92 Å². The van der Waals surface area contributed by atoms with E-state index in [0.717, 1.165) is 49.3 Å². The van der Waals surface area contributed by atoms with Gasteiger partial charge in [0, 0.05) is 38.1 Å². The fourth-order valence-electron chi connectivity index (χ4n) is 3.26. The van der Waals surface area contributed by atoms with Gasteiger partial charge in [0.15, 0.2) is 5.65 Å². The number of aromatic nitrogens is 5. The van der Waals surface area contributed by atoms with Gasteiger partial charge in [-0.25, -0.2) is 19.9 Å². The number of nitrogens with zero attached hydrogens (tertiary/aromatic N) is 6. The molecule has 4 heterocycles. The van der Waals surface area contributed by atoms with E-state index >= 15 is 0 Å². The molecule has 0 spiro atoms. The first-order valence-electron chi connectivity index (χ1n) is 8.12. The lowest BCUT2D eigenvalue weighted by molar-refractivity contribution is 0.350. The number of rotatable bonds is 3. The molecule has 7 nitrogen and oxygen atoms in total. The van der Waals surface area contributed by atoms with Crippen molar-refractivity contribution in [1.29, 1.82) is 0 Å². The van der Waals surface area contributed by atoms with Gasteiger partial charge in [0.2, 0.25) is 0 Å². The molecule has 1 fully saturated rings. The van der Waals surface area contributed by atoms with Crippen molar-refractivity contribution in [2.75, 3.05) is 18.0 Å². The molecule has 0 N–H and O–H groups in total. The van der Waals surface area contributed by atoms with E-state index in [2.05, 4.69) is 24.8 Å². The molecule has 0 unspecified atom stereocenters. The minimum atomic E-state index is 0.0142. The van der Waals surface area contributed by atoms with E-state index in [9.17, 15) is 4.79 Å². The van der Waals surface area contributed by atoms with E-state index in [0.29, 0.717) is 5.92 Å². The highest BCUT2D eigenvalue weighted by Gasteiger charge is 2.22. The van der Waals surface area contributed by atoms with Crippen LogP contribution in [0.25, 0.3) is 11.0 Å². The Morgan fingerprint density at radius 2 is 1.96 bits per heavy atom. The van der Waals surface area contributed by atoms with Gasteiger partial charge in [-0.2, -0.15) is 0 Å². The average molecular weight is 322 g/mol. The number of hydrogen-bond donors (Lipinski definition) is 0. The Balaban J connectivity index is 1.48. The molecule has 0 aromatic carbocycles. The van der Waals surface area contributed by atoms with Crippen molar-refractivity contribution in [3.8, 4) is 0 Å². The predicted molar refractivity (Wildman–Crippen MR) is 90.8 cm³/mol. The molecule has 24 heavy (non-hydrogen) atoms. The molecule has 0 atom stereocenters. The highest BCUT2D eigenvalue weighted by Crippen LogP contribution is 2.26. The largest absolute Gasteiger partial charge is 0.356 e. The molecule has 1 aliphatic heterocycles. The standard InChI is InChI=1S/C17H18N6O/c24-15-3-7-18-12-23(15)10-13-4-8-22(9-5-13)17-14-2-1-6-19-16(14)20-11-21-17/h1-3,6-7,11-13H,4-5,8-10H2. The van der Waals surface area contributed by atoms with Gasteiger partial charge in [-0.05, 0) is 30.9 Å². The molecule has 122 valence electrons. The van der Waals surface area contributed by atoms with E-state index in [1.807, 2.05) is 12.1 Å². The smallest absolute Gasteiger partial charge is 0.253 e. The summed E-state index contributed by atoms with van der Waals surface area (Å²) in [6.45, 7) is 2.56. The van der Waals surface area contributed by atoms with E-state index in [4.69, 9.17) is 0 Å². The van der Waals surface area contributed by atoms with Gasteiger partial charge >= 0.3 is 0 Å². The zero-order valence-electron chi connectivity index (χ0n) is 13.2. The summed E-state index contributed by atoms with van der Waals surface area (Å²) in [4.78, 5) is 31.1. The number of piperidine rings is 1. The molecule has 0 bridgehead atoms. The molecule has 7 heteroatoms. The number of hydrogen-bond acceptors (Lipinski definition) is 6.